The van der Waals surface area contributed by atoms with Crippen molar-refractivity contribution in [3.8, 4) is 0 Å². The Bertz CT molecular complexity index is 624. The van der Waals surface area contributed by atoms with Crippen LogP contribution in [0, 0.1) is 17.3 Å². The Labute approximate surface area is 179 Å². The van der Waals surface area contributed by atoms with Gasteiger partial charge in [0.25, 0.3) is 0 Å². The highest BCUT2D eigenvalue weighted by Gasteiger charge is 2.46. The summed E-state index contributed by atoms with van der Waals surface area (Å²) in [6.45, 7) is 19.1. The van der Waals surface area contributed by atoms with E-state index in [2.05, 4.69) is 68.6 Å². The van der Waals surface area contributed by atoms with Crippen LogP contribution < -0.4 is 0 Å². The molecule has 4 heteroatoms. The van der Waals surface area contributed by atoms with Gasteiger partial charge in [-0.3, -0.25) is 0 Å². The van der Waals surface area contributed by atoms with Gasteiger partial charge in [-0.25, -0.2) is 0 Å². The van der Waals surface area contributed by atoms with Crippen molar-refractivity contribution in [1.82, 2.24) is 0 Å². The first-order chi connectivity index (χ1) is 12.7. The highest BCUT2D eigenvalue weighted by Crippen LogP contribution is 2.60. The van der Waals surface area contributed by atoms with Crippen LogP contribution >= 0.6 is 21.3 Å². The molecule has 168 valence electrons. The zero-order valence-corrected chi connectivity index (χ0v) is 23.4. The third-order valence-corrected chi connectivity index (χ3v) is 21.2. The lowest BCUT2D eigenvalue weighted by molar-refractivity contribution is -0.0426. The lowest BCUT2D eigenvalue weighted by Gasteiger charge is -2.38. The summed E-state index contributed by atoms with van der Waals surface area (Å²) in [5.41, 5.74) is 0.364. The average molecular weight is 449 g/mol. The molecule has 0 aromatic carbocycles. The van der Waals surface area contributed by atoms with Crippen LogP contribution in [0.25, 0.3) is 0 Å². The summed E-state index contributed by atoms with van der Waals surface area (Å²) >= 11 is 0. The van der Waals surface area contributed by atoms with Gasteiger partial charge in [-0.15, -0.1) is 32.7 Å². The van der Waals surface area contributed by atoms with Gasteiger partial charge >= 0.3 is 0 Å². The zero-order valence-electron chi connectivity index (χ0n) is 20.6. The van der Waals surface area contributed by atoms with Crippen molar-refractivity contribution in [1.29, 1.82) is 0 Å². The molecule has 0 radical (unpaired) electrons. The molecule has 2 unspecified atom stereocenters. The van der Waals surface area contributed by atoms with Crippen LogP contribution in [0.4, 0.5) is 0 Å². The maximum absolute atomic E-state index is 6.82. The molecule has 1 nitrogen and oxygen atoms in total. The van der Waals surface area contributed by atoms with Gasteiger partial charge in [0, 0.05) is 0 Å². The average Bonchev–Trinajstić information content (AvgIpc) is 2.82. The van der Waals surface area contributed by atoms with E-state index >= 15 is 0 Å². The van der Waals surface area contributed by atoms with Crippen LogP contribution in [0.3, 0.4) is 0 Å². The zero-order chi connectivity index (χ0) is 22.0. The fraction of sp³-hybridized carbons (Fsp3) is 0.875. The molecule has 1 fully saturated rings. The monoisotopic (exact) mass is 448 g/mol. The minimum atomic E-state index is -1.18. The fourth-order valence-corrected chi connectivity index (χ4v) is 15.7. The van der Waals surface area contributed by atoms with E-state index < -0.39 is 21.3 Å². The highest BCUT2D eigenvalue weighted by atomic mass is 31.2. The SMILES string of the molecule is C=[PH](CP(=C)(CC)CCP(=C)(CC)CC)C(C)(C)O[C@H]1C[C@@H](C)C(C)(C)[C@@H]1C. The van der Waals surface area contributed by atoms with Crippen LogP contribution in [-0.2, 0) is 4.74 Å². The van der Waals surface area contributed by atoms with Gasteiger partial charge in [0.15, 0.2) is 0 Å². The normalized spacial score (nSPS) is 28.8. The van der Waals surface area contributed by atoms with Gasteiger partial charge in [-0.1, -0.05) is 56.0 Å². The van der Waals surface area contributed by atoms with Crippen LogP contribution in [0.1, 0.15) is 68.7 Å². The molecule has 0 bridgehead atoms. The topological polar surface area (TPSA) is 9.23 Å². The van der Waals surface area contributed by atoms with E-state index in [4.69, 9.17) is 17.3 Å². The minimum absolute atomic E-state index is 0.0892. The van der Waals surface area contributed by atoms with Crippen LogP contribution in [-0.4, -0.2) is 67.1 Å². The molecule has 28 heavy (non-hydrogen) atoms. The minimum Gasteiger partial charge on any atom is -0.368 e. The summed E-state index contributed by atoms with van der Waals surface area (Å²) in [4.78, 5) is 0. The van der Waals surface area contributed by atoms with Gasteiger partial charge in [0.2, 0.25) is 0 Å². The molecule has 1 aliphatic rings. The quantitative estimate of drug-likeness (QED) is 0.300. The number of rotatable bonds is 11. The van der Waals surface area contributed by atoms with Gasteiger partial charge in [-0.2, -0.15) is 0 Å². The molecule has 0 heterocycles. The third-order valence-electron chi connectivity index (χ3n) is 8.47. The van der Waals surface area contributed by atoms with Crippen molar-refractivity contribution in [3.05, 3.63) is 0 Å². The van der Waals surface area contributed by atoms with Crippen molar-refractivity contribution in [3.63, 3.8) is 0 Å². The predicted octanol–water partition coefficient (Wildman–Crippen LogP) is 7.37. The van der Waals surface area contributed by atoms with E-state index in [1.807, 2.05) is 0 Å². The Balaban J connectivity index is 2.82. The number of hydrogen-bond donors (Lipinski definition) is 0. The lowest BCUT2D eigenvalue weighted by atomic mass is 9.77. The van der Waals surface area contributed by atoms with Crippen LogP contribution in [0.15, 0.2) is 0 Å². The second-order valence-corrected chi connectivity index (χ2v) is 22.6. The molecule has 0 amide bonds. The van der Waals surface area contributed by atoms with Crippen LogP contribution in [0.2, 0.25) is 0 Å². The Morgan fingerprint density at radius 2 is 1.46 bits per heavy atom. The van der Waals surface area contributed by atoms with Gasteiger partial charge in [0.05, 0.1) is 11.4 Å². The molecular weight excluding hydrogens is 397 g/mol. The molecule has 1 rings (SSSR count). The Hall–Kier alpha value is 0.860. The van der Waals surface area contributed by atoms with Crippen molar-refractivity contribution < 1.29 is 4.74 Å². The Morgan fingerprint density at radius 3 is 1.86 bits per heavy atom. The standard InChI is InChI=1S/C24H51OP3/c1-13-27(11,14-2)16-17-28(12,15-3)19-26(10)24(8,9)25-22-18-20(4)23(6,7)21(22)5/h20-22,26H,10-19H2,1-9H3/t20-,21-,22+,28?/m1/s1. The predicted molar refractivity (Wildman–Crippen MR) is 145 cm³/mol. The maximum Gasteiger partial charge on any atom is 0.0787 e. The maximum atomic E-state index is 6.82. The second kappa shape index (κ2) is 9.99. The first kappa shape index (κ1) is 26.9. The Kier molecular flexibility index (Phi) is 9.59. The summed E-state index contributed by atoms with van der Waals surface area (Å²) < 4.78 is 6.82. The highest BCUT2D eigenvalue weighted by molar-refractivity contribution is 7.84. The summed E-state index contributed by atoms with van der Waals surface area (Å²) in [5.74, 6) is 2.57. The first-order valence-corrected chi connectivity index (χ1v) is 18.4. The smallest absolute Gasteiger partial charge is 0.0787 e. The molecule has 0 spiro atoms. The molecule has 1 aliphatic carbocycles. The number of ether oxygens (including phenoxy) is 1. The molecule has 1 saturated carbocycles. The molecule has 0 aromatic rings. The summed E-state index contributed by atoms with van der Waals surface area (Å²) in [5, 5.41) is -0.0892. The van der Waals surface area contributed by atoms with Gasteiger partial charge in [0.1, 0.15) is 0 Å². The van der Waals surface area contributed by atoms with Crippen molar-refractivity contribution in [2.45, 2.75) is 80.2 Å². The molecule has 0 aliphatic heterocycles. The molecular formula is C24H51OP3. The summed E-state index contributed by atoms with van der Waals surface area (Å²) in [6.07, 6.45) is 22.2. The van der Waals surface area contributed by atoms with Crippen molar-refractivity contribution in [2.75, 3.05) is 36.7 Å². The first-order valence-electron chi connectivity index (χ1n) is 11.4. The van der Waals surface area contributed by atoms with E-state index in [1.54, 1.807) is 0 Å². The van der Waals surface area contributed by atoms with E-state index in [0.717, 1.165) is 5.92 Å². The van der Waals surface area contributed by atoms with Crippen LogP contribution in [0.5, 0.6) is 0 Å². The fourth-order valence-electron chi connectivity index (χ4n) is 4.30. The third kappa shape index (κ3) is 6.43. The van der Waals surface area contributed by atoms with E-state index in [-0.39, 0.29) is 5.34 Å². The molecule has 0 N–H and O–H groups in total. The summed E-state index contributed by atoms with van der Waals surface area (Å²) in [6, 6.07) is 0. The van der Waals surface area contributed by atoms with Gasteiger partial charge in [-0.05, 0) is 74.2 Å². The summed E-state index contributed by atoms with van der Waals surface area (Å²) in [7, 11) is -0.872. The van der Waals surface area contributed by atoms with E-state index in [0.29, 0.717) is 17.4 Å². The van der Waals surface area contributed by atoms with E-state index in [1.165, 1.54) is 43.1 Å². The molecule has 0 saturated heterocycles. The second-order valence-electron chi connectivity index (χ2n) is 10.8. The Morgan fingerprint density at radius 1 is 1.00 bits per heavy atom. The largest absolute Gasteiger partial charge is 0.368 e. The molecule has 5 atom stereocenters. The lowest BCUT2D eigenvalue weighted by Crippen LogP contribution is -2.32. The van der Waals surface area contributed by atoms with Crippen molar-refractivity contribution >= 4 is 40.2 Å². The number of hydrogen-bond acceptors (Lipinski definition) is 1. The van der Waals surface area contributed by atoms with E-state index in [9.17, 15) is 0 Å². The van der Waals surface area contributed by atoms with Gasteiger partial charge < -0.3 is 4.74 Å². The van der Waals surface area contributed by atoms with Crippen molar-refractivity contribution in [2.24, 2.45) is 17.3 Å². The molecule has 0 aromatic heterocycles.